The van der Waals surface area contributed by atoms with E-state index in [1.54, 1.807) is 12.1 Å². The normalized spacial score (nSPS) is 11.1. The second kappa shape index (κ2) is 7.85. The number of aromatic nitrogens is 4. The predicted molar refractivity (Wildman–Crippen MR) is 84.5 cm³/mol. The smallest absolute Gasteiger partial charge is 0.744 e. The third-order valence-corrected chi connectivity index (χ3v) is 4.41. The van der Waals surface area contributed by atoms with Crippen LogP contribution in [0.25, 0.3) is 11.4 Å². The largest absolute Gasteiger partial charge is 1.00 e. The fourth-order valence-corrected chi connectivity index (χ4v) is 2.85. The summed E-state index contributed by atoms with van der Waals surface area (Å²) >= 11 is 3.39. The summed E-state index contributed by atoms with van der Waals surface area (Å²) in [7, 11) is -4.43. The molecule has 0 amide bonds. The van der Waals surface area contributed by atoms with Gasteiger partial charge in [-0.2, -0.15) is 4.80 Å². The molecule has 0 bridgehead atoms. The molecule has 7 nitrogen and oxygen atoms in total. The molecule has 10 heteroatoms. The van der Waals surface area contributed by atoms with Crippen molar-refractivity contribution in [3.05, 3.63) is 58.6 Å². The van der Waals surface area contributed by atoms with E-state index in [1.807, 2.05) is 24.3 Å². The number of nitrogens with zero attached hydrogens (tertiary/aromatic N) is 4. The van der Waals surface area contributed by atoms with Gasteiger partial charge in [-0.3, -0.25) is 0 Å². The fourth-order valence-electron chi connectivity index (χ4n) is 1.98. The molecule has 0 N–H and O–H groups in total. The summed E-state index contributed by atoms with van der Waals surface area (Å²) in [6.07, 6.45) is 0. The molecule has 0 saturated carbocycles. The monoisotopic (exact) mass is 416 g/mol. The van der Waals surface area contributed by atoms with Crippen LogP contribution in [-0.4, -0.2) is 33.2 Å². The molecule has 0 saturated heterocycles. The maximum Gasteiger partial charge on any atom is 1.00 e. The topological polar surface area (TPSA) is 101 Å². The van der Waals surface area contributed by atoms with Gasteiger partial charge in [0.15, 0.2) is 0 Å². The minimum atomic E-state index is -4.43. The van der Waals surface area contributed by atoms with Gasteiger partial charge in [0.1, 0.15) is 10.1 Å². The van der Waals surface area contributed by atoms with Crippen molar-refractivity contribution in [1.29, 1.82) is 0 Å². The number of tetrazole rings is 1. The van der Waals surface area contributed by atoms with Crippen LogP contribution in [0.1, 0.15) is 5.56 Å². The Kier molecular flexibility index (Phi) is 6.29. The van der Waals surface area contributed by atoms with Crippen molar-refractivity contribution in [2.75, 3.05) is 0 Å². The van der Waals surface area contributed by atoms with Crippen molar-refractivity contribution in [2.24, 2.45) is 0 Å². The van der Waals surface area contributed by atoms with E-state index in [0.29, 0.717) is 12.4 Å². The van der Waals surface area contributed by atoms with Crippen molar-refractivity contribution in [1.82, 2.24) is 20.2 Å². The third kappa shape index (κ3) is 4.71. The summed E-state index contributed by atoms with van der Waals surface area (Å²) in [5.41, 5.74) is 1.59. The van der Waals surface area contributed by atoms with E-state index in [4.69, 9.17) is 0 Å². The SMILES string of the molecule is O=S(=O)([O-])c1ccc(Cn2nnc(-c3cccc(Br)c3)n2)cc1.[Na+]. The predicted octanol–water partition coefficient (Wildman–Crippen LogP) is -0.941. The molecular weight excluding hydrogens is 407 g/mol. The minimum Gasteiger partial charge on any atom is -0.744 e. The fraction of sp³-hybridized carbons (Fsp3) is 0.0714. The van der Waals surface area contributed by atoms with E-state index in [0.717, 1.165) is 15.6 Å². The van der Waals surface area contributed by atoms with Crippen LogP contribution in [0.5, 0.6) is 0 Å². The van der Waals surface area contributed by atoms with Gasteiger partial charge in [-0.15, -0.1) is 10.2 Å². The first-order valence-electron chi connectivity index (χ1n) is 6.50. The molecule has 0 atom stereocenters. The van der Waals surface area contributed by atoms with Crippen LogP contribution in [0.3, 0.4) is 0 Å². The summed E-state index contributed by atoms with van der Waals surface area (Å²) in [5, 5.41) is 12.2. The number of halogens is 1. The van der Waals surface area contributed by atoms with Gasteiger partial charge in [-0.05, 0) is 35.0 Å². The van der Waals surface area contributed by atoms with Gasteiger partial charge in [0, 0.05) is 10.0 Å². The zero-order valence-electron chi connectivity index (χ0n) is 12.6. The molecule has 0 aliphatic carbocycles. The van der Waals surface area contributed by atoms with Crippen LogP contribution < -0.4 is 29.6 Å². The third-order valence-electron chi connectivity index (χ3n) is 3.07. The van der Waals surface area contributed by atoms with Gasteiger partial charge in [0.25, 0.3) is 0 Å². The molecule has 3 aromatic rings. The molecule has 24 heavy (non-hydrogen) atoms. The second-order valence-electron chi connectivity index (χ2n) is 4.75. The number of benzene rings is 2. The van der Waals surface area contributed by atoms with Crippen molar-refractivity contribution in [3.8, 4) is 11.4 Å². The molecule has 1 aromatic heterocycles. The average molecular weight is 417 g/mol. The number of hydrogen-bond donors (Lipinski definition) is 0. The van der Waals surface area contributed by atoms with E-state index in [9.17, 15) is 13.0 Å². The second-order valence-corrected chi connectivity index (χ2v) is 7.05. The summed E-state index contributed by atoms with van der Waals surface area (Å²) in [6.45, 7) is 0.320. The molecule has 0 aliphatic heterocycles. The number of rotatable bonds is 4. The van der Waals surface area contributed by atoms with Gasteiger partial charge in [-0.25, -0.2) is 8.42 Å². The average Bonchev–Trinajstić information content (AvgIpc) is 2.95. The van der Waals surface area contributed by atoms with Crippen molar-refractivity contribution in [2.45, 2.75) is 11.4 Å². The Bertz CT molecular complexity index is 945. The molecule has 3 rings (SSSR count). The van der Waals surface area contributed by atoms with Gasteiger partial charge in [0.2, 0.25) is 5.82 Å². The van der Waals surface area contributed by atoms with Gasteiger partial charge >= 0.3 is 29.6 Å². The van der Waals surface area contributed by atoms with Crippen molar-refractivity contribution >= 4 is 26.0 Å². The first kappa shape index (κ1) is 19.2. The first-order chi connectivity index (χ1) is 10.9. The van der Waals surface area contributed by atoms with Gasteiger partial charge in [0.05, 0.1) is 11.4 Å². The Balaban J connectivity index is 0.00000208. The molecule has 0 spiro atoms. The molecule has 0 aliphatic rings. The Morgan fingerprint density at radius 3 is 2.46 bits per heavy atom. The van der Waals surface area contributed by atoms with E-state index in [-0.39, 0.29) is 34.5 Å². The standard InChI is InChI=1S/C14H11BrN4O3S.Na/c15-12-3-1-2-11(8-12)14-16-18-19(17-14)9-10-4-6-13(7-5-10)23(20,21)22;/h1-8H,9H2,(H,20,21,22);/q;+1/p-1. The van der Waals surface area contributed by atoms with E-state index in [2.05, 4.69) is 31.3 Å². The van der Waals surface area contributed by atoms with Crippen LogP contribution in [0, 0.1) is 0 Å². The van der Waals surface area contributed by atoms with Crippen LogP contribution in [0.2, 0.25) is 0 Å². The Labute approximate surface area is 169 Å². The summed E-state index contributed by atoms with van der Waals surface area (Å²) < 4.78 is 33.6. The van der Waals surface area contributed by atoms with Crippen molar-refractivity contribution < 1.29 is 42.5 Å². The van der Waals surface area contributed by atoms with Gasteiger partial charge in [-0.1, -0.05) is 40.2 Å². The van der Waals surface area contributed by atoms with Gasteiger partial charge < -0.3 is 4.55 Å². The minimum absolute atomic E-state index is 0. The number of hydrogen-bond acceptors (Lipinski definition) is 6. The Morgan fingerprint density at radius 2 is 1.83 bits per heavy atom. The van der Waals surface area contributed by atoms with Crippen molar-refractivity contribution in [3.63, 3.8) is 0 Å². The Hall–Kier alpha value is -1.10. The summed E-state index contributed by atoms with van der Waals surface area (Å²) in [6, 6.07) is 13.2. The van der Waals surface area contributed by atoms with E-state index in [1.165, 1.54) is 16.9 Å². The van der Waals surface area contributed by atoms with Crippen LogP contribution in [0.4, 0.5) is 0 Å². The van der Waals surface area contributed by atoms with Crippen LogP contribution >= 0.6 is 15.9 Å². The maximum atomic E-state index is 10.9. The van der Waals surface area contributed by atoms with E-state index >= 15 is 0 Å². The first-order valence-corrected chi connectivity index (χ1v) is 8.70. The molecule has 118 valence electrons. The summed E-state index contributed by atoms with van der Waals surface area (Å²) in [4.78, 5) is 1.14. The van der Waals surface area contributed by atoms with E-state index < -0.39 is 10.1 Å². The maximum absolute atomic E-state index is 10.9. The zero-order chi connectivity index (χ0) is 16.4. The molecule has 0 unspecified atom stereocenters. The van der Waals surface area contributed by atoms with Crippen LogP contribution in [-0.2, 0) is 16.7 Å². The summed E-state index contributed by atoms with van der Waals surface area (Å²) in [5.74, 6) is 0.491. The quantitative estimate of drug-likeness (QED) is 0.401. The molecular formula is C14H10BrN4NaO3S. The van der Waals surface area contributed by atoms with Crippen LogP contribution in [0.15, 0.2) is 57.9 Å². The molecule has 0 radical (unpaired) electrons. The molecule has 1 heterocycles. The zero-order valence-corrected chi connectivity index (χ0v) is 17.0. The molecule has 2 aromatic carbocycles. The Morgan fingerprint density at radius 1 is 1.12 bits per heavy atom. The molecule has 0 fully saturated rings.